The molecule has 0 saturated heterocycles. The largest absolute Gasteiger partial charge is 0.334 e. The van der Waals surface area contributed by atoms with Gasteiger partial charge in [0.25, 0.3) is 0 Å². The summed E-state index contributed by atoms with van der Waals surface area (Å²) in [5, 5.41) is 16.6. The van der Waals surface area contributed by atoms with Crippen LogP contribution in [0.4, 0.5) is 17.2 Å². The topological polar surface area (TPSA) is 68.1 Å². The van der Waals surface area contributed by atoms with Crippen LogP contribution < -0.4 is 5.32 Å². The van der Waals surface area contributed by atoms with Gasteiger partial charge in [0.15, 0.2) is 0 Å². The number of pyridine rings is 1. The maximum Gasteiger partial charge on any atom is 0.311 e. The van der Waals surface area contributed by atoms with Crippen LogP contribution >= 0.6 is 0 Å². The molecular weight excluding hydrogens is 350 g/mol. The van der Waals surface area contributed by atoms with Gasteiger partial charge < -0.3 is 5.32 Å². The average molecular weight is 367 g/mol. The fraction of sp³-hybridized carbons (Fsp3) is 0. The molecule has 4 aromatic rings. The molecule has 0 aliphatic heterocycles. The van der Waals surface area contributed by atoms with Gasteiger partial charge in [0.2, 0.25) is 5.82 Å². The van der Waals surface area contributed by atoms with Gasteiger partial charge in [0.05, 0.1) is 4.92 Å². The summed E-state index contributed by atoms with van der Waals surface area (Å²) in [6.07, 6.45) is 5.59. The highest BCUT2D eigenvalue weighted by molar-refractivity contribution is 5.86. The zero-order valence-corrected chi connectivity index (χ0v) is 14.9. The average Bonchev–Trinajstić information content (AvgIpc) is 2.73. The van der Waals surface area contributed by atoms with Crippen molar-refractivity contribution in [1.29, 1.82) is 0 Å². The van der Waals surface area contributed by atoms with E-state index in [1.165, 1.54) is 23.0 Å². The summed E-state index contributed by atoms with van der Waals surface area (Å²) in [4.78, 5) is 14.8. The first-order valence-corrected chi connectivity index (χ1v) is 8.82. The van der Waals surface area contributed by atoms with Crippen LogP contribution in [0.15, 0.2) is 85.1 Å². The number of aromatic nitrogens is 1. The van der Waals surface area contributed by atoms with Crippen LogP contribution in [0.5, 0.6) is 0 Å². The summed E-state index contributed by atoms with van der Waals surface area (Å²) in [5.41, 5.74) is 2.77. The second-order valence-corrected chi connectivity index (χ2v) is 6.32. The predicted molar refractivity (Wildman–Crippen MR) is 113 cm³/mol. The molecule has 5 heteroatoms. The zero-order valence-electron chi connectivity index (χ0n) is 14.9. The standard InChI is InChI=1S/C23H17N3O2/c27-26(28)22-9-4-14-24-23(22)25-21-8-3-5-17(16-21)10-11-18-12-13-19-6-1-2-7-20(19)15-18/h1-16H,(H,24,25). The molecule has 3 aromatic carbocycles. The zero-order chi connectivity index (χ0) is 19.3. The molecule has 0 radical (unpaired) electrons. The van der Waals surface area contributed by atoms with Gasteiger partial charge in [-0.15, -0.1) is 0 Å². The van der Waals surface area contributed by atoms with Crippen LogP contribution in [0, 0.1) is 10.1 Å². The van der Waals surface area contributed by atoms with Crippen molar-refractivity contribution >= 4 is 40.1 Å². The molecule has 0 amide bonds. The number of nitrogens with zero attached hydrogens (tertiary/aromatic N) is 2. The van der Waals surface area contributed by atoms with Crippen molar-refractivity contribution in [2.24, 2.45) is 0 Å². The molecule has 0 aliphatic carbocycles. The highest BCUT2D eigenvalue weighted by Gasteiger charge is 2.13. The third kappa shape index (κ3) is 3.88. The maximum atomic E-state index is 11.1. The molecule has 0 saturated carbocycles. The van der Waals surface area contributed by atoms with E-state index in [1.54, 1.807) is 6.07 Å². The first-order valence-electron chi connectivity index (χ1n) is 8.82. The van der Waals surface area contributed by atoms with E-state index in [2.05, 4.69) is 46.7 Å². The van der Waals surface area contributed by atoms with Crippen molar-refractivity contribution in [3.8, 4) is 0 Å². The molecule has 0 bridgehead atoms. The molecule has 1 N–H and O–H groups in total. The first-order chi connectivity index (χ1) is 13.7. The Morgan fingerprint density at radius 2 is 1.61 bits per heavy atom. The third-order valence-corrected chi connectivity index (χ3v) is 4.37. The van der Waals surface area contributed by atoms with Crippen molar-refractivity contribution in [1.82, 2.24) is 4.98 Å². The van der Waals surface area contributed by atoms with Crippen molar-refractivity contribution in [3.63, 3.8) is 0 Å². The number of anilines is 2. The lowest BCUT2D eigenvalue weighted by Crippen LogP contribution is -1.99. The van der Waals surface area contributed by atoms with E-state index in [1.807, 2.05) is 42.5 Å². The minimum absolute atomic E-state index is 0.0559. The van der Waals surface area contributed by atoms with Gasteiger partial charge in [0.1, 0.15) is 0 Å². The normalized spacial score (nSPS) is 11.0. The van der Waals surface area contributed by atoms with E-state index in [0.29, 0.717) is 0 Å². The fourth-order valence-corrected chi connectivity index (χ4v) is 3.00. The second-order valence-electron chi connectivity index (χ2n) is 6.32. The second kappa shape index (κ2) is 7.72. The Bertz CT molecular complexity index is 1190. The van der Waals surface area contributed by atoms with Gasteiger partial charge in [0, 0.05) is 18.0 Å². The van der Waals surface area contributed by atoms with E-state index in [4.69, 9.17) is 0 Å². The summed E-state index contributed by atoms with van der Waals surface area (Å²) in [5.74, 6) is 0.225. The molecule has 0 unspecified atom stereocenters. The van der Waals surface area contributed by atoms with Gasteiger partial charge in [-0.1, -0.05) is 60.7 Å². The van der Waals surface area contributed by atoms with Crippen molar-refractivity contribution in [2.45, 2.75) is 0 Å². The summed E-state index contributed by atoms with van der Waals surface area (Å²) < 4.78 is 0. The molecule has 0 aliphatic rings. The number of benzene rings is 3. The predicted octanol–water partition coefficient (Wildman–Crippen LogP) is 6.06. The van der Waals surface area contributed by atoms with Crippen molar-refractivity contribution < 1.29 is 4.92 Å². The summed E-state index contributed by atoms with van der Waals surface area (Å²) >= 11 is 0. The number of hydrogen-bond donors (Lipinski definition) is 1. The monoisotopic (exact) mass is 367 g/mol. The van der Waals surface area contributed by atoms with Gasteiger partial charge in [-0.05, 0) is 46.2 Å². The molecule has 0 fully saturated rings. The smallest absolute Gasteiger partial charge is 0.311 e. The summed E-state index contributed by atoms with van der Waals surface area (Å²) in [6.45, 7) is 0. The number of nitrogens with one attached hydrogen (secondary N) is 1. The summed E-state index contributed by atoms with van der Waals surface area (Å²) in [7, 11) is 0. The van der Waals surface area contributed by atoms with Gasteiger partial charge in [-0.25, -0.2) is 4.98 Å². The molecule has 5 nitrogen and oxygen atoms in total. The van der Waals surface area contributed by atoms with Crippen LogP contribution in [-0.4, -0.2) is 9.91 Å². The SMILES string of the molecule is O=[N+]([O-])c1cccnc1Nc1cccc(C=Cc2ccc3ccccc3c2)c1. The molecule has 136 valence electrons. The van der Waals surface area contributed by atoms with Gasteiger partial charge in [-0.3, -0.25) is 10.1 Å². The Hall–Kier alpha value is -3.99. The number of fused-ring (bicyclic) bond motifs is 1. The number of nitro groups is 1. The Labute approximate surface area is 162 Å². The van der Waals surface area contributed by atoms with Crippen LogP contribution in [0.2, 0.25) is 0 Å². The highest BCUT2D eigenvalue weighted by atomic mass is 16.6. The van der Waals surface area contributed by atoms with E-state index in [-0.39, 0.29) is 11.5 Å². The van der Waals surface area contributed by atoms with E-state index in [0.717, 1.165) is 16.8 Å². The van der Waals surface area contributed by atoms with E-state index >= 15 is 0 Å². The first kappa shape index (κ1) is 17.4. The van der Waals surface area contributed by atoms with Gasteiger partial charge >= 0.3 is 5.69 Å². The fourth-order valence-electron chi connectivity index (χ4n) is 3.00. The Morgan fingerprint density at radius 3 is 2.43 bits per heavy atom. The van der Waals surface area contributed by atoms with Crippen molar-refractivity contribution in [2.75, 3.05) is 5.32 Å². The van der Waals surface area contributed by atoms with E-state index < -0.39 is 4.92 Å². The molecular formula is C23H17N3O2. The highest BCUT2D eigenvalue weighted by Crippen LogP contribution is 2.25. The molecule has 0 spiro atoms. The van der Waals surface area contributed by atoms with Crippen LogP contribution in [-0.2, 0) is 0 Å². The minimum Gasteiger partial charge on any atom is -0.334 e. The number of hydrogen-bond acceptors (Lipinski definition) is 4. The molecule has 1 aromatic heterocycles. The van der Waals surface area contributed by atoms with Crippen LogP contribution in [0.1, 0.15) is 11.1 Å². The van der Waals surface area contributed by atoms with Gasteiger partial charge in [-0.2, -0.15) is 0 Å². The lowest BCUT2D eigenvalue weighted by Gasteiger charge is -2.06. The molecule has 28 heavy (non-hydrogen) atoms. The number of rotatable bonds is 5. The minimum atomic E-state index is -0.446. The van der Waals surface area contributed by atoms with Crippen LogP contribution in [0.3, 0.4) is 0 Å². The molecule has 1 heterocycles. The Kier molecular flexibility index (Phi) is 4.80. The lowest BCUT2D eigenvalue weighted by atomic mass is 10.1. The van der Waals surface area contributed by atoms with E-state index in [9.17, 15) is 10.1 Å². The Morgan fingerprint density at radius 1 is 0.821 bits per heavy atom. The van der Waals surface area contributed by atoms with Crippen molar-refractivity contribution in [3.05, 3.63) is 106 Å². The quantitative estimate of drug-likeness (QED) is 0.265. The summed E-state index contributed by atoms with van der Waals surface area (Å²) in [6, 6.07) is 25.2. The Balaban J connectivity index is 1.57. The molecule has 0 atom stereocenters. The molecule has 4 rings (SSSR count). The third-order valence-electron chi connectivity index (χ3n) is 4.37. The van der Waals surface area contributed by atoms with Crippen LogP contribution in [0.25, 0.3) is 22.9 Å². The lowest BCUT2D eigenvalue weighted by molar-refractivity contribution is -0.384. The maximum absolute atomic E-state index is 11.1.